The van der Waals surface area contributed by atoms with Crippen molar-refractivity contribution in [1.82, 2.24) is 20.2 Å². The van der Waals surface area contributed by atoms with Crippen LogP contribution >= 0.6 is 11.6 Å². The fourth-order valence-corrected chi connectivity index (χ4v) is 3.97. The van der Waals surface area contributed by atoms with Gasteiger partial charge >= 0.3 is 6.09 Å². The van der Waals surface area contributed by atoms with Gasteiger partial charge in [-0.1, -0.05) is 41.9 Å². The van der Waals surface area contributed by atoms with Gasteiger partial charge in [-0.15, -0.1) is 0 Å². The van der Waals surface area contributed by atoms with E-state index in [-0.39, 0.29) is 5.56 Å². The minimum absolute atomic E-state index is 0.302. The summed E-state index contributed by atoms with van der Waals surface area (Å²) in [4.78, 5) is 31.8. The first-order valence-electron chi connectivity index (χ1n) is 9.65. The van der Waals surface area contributed by atoms with E-state index in [1.54, 1.807) is 18.3 Å². The van der Waals surface area contributed by atoms with Gasteiger partial charge in [-0.2, -0.15) is 5.10 Å². The molecule has 158 valence electrons. The summed E-state index contributed by atoms with van der Waals surface area (Å²) in [5.74, 6) is 0. The number of rotatable bonds is 3. The first-order chi connectivity index (χ1) is 15.5. The largest absolute Gasteiger partial charge is 0.453 e. The number of carbonyl (C=O) groups is 1. The minimum Gasteiger partial charge on any atom is -0.453 e. The molecule has 3 aromatic heterocycles. The number of H-pyrrole nitrogens is 2. The summed E-state index contributed by atoms with van der Waals surface area (Å²) >= 11 is 6.52. The van der Waals surface area contributed by atoms with Gasteiger partial charge in [-0.25, -0.2) is 9.78 Å². The zero-order chi connectivity index (χ0) is 22.2. The molecule has 0 spiro atoms. The van der Waals surface area contributed by atoms with Crippen LogP contribution in [-0.4, -0.2) is 33.4 Å². The molecule has 9 heteroatoms. The Labute approximate surface area is 186 Å². The van der Waals surface area contributed by atoms with Gasteiger partial charge in [0.05, 0.1) is 35.2 Å². The number of fused-ring (bicyclic) bond motifs is 2. The summed E-state index contributed by atoms with van der Waals surface area (Å²) in [5.41, 5.74) is 3.88. The fourth-order valence-electron chi connectivity index (χ4n) is 3.70. The maximum Gasteiger partial charge on any atom is 0.411 e. The van der Waals surface area contributed by atoms with Crippen LogP contribution < -0.4 is 10.9 Å². The molecular formula is C23H16ClN5O3. The van der Waals surface area contributed by atoms with Crippen molar-refractivity contribution in [2.24, 2.45) is 0 Å². The lowest BCUT2D eigenvalue weighted by atomic mass is 9.95. The molecule has 0 saturated heterocycles. The molecule has 0 aliphatic carbocycles. The van der Waals surface area contributed by atoms with Crippen molar-refractivity contribution >= 4 is 45.3 Å². The van der Waals surface area contributed by atoms with Crippen LogP contribution in [-0.2, 0) is 4.74 Å². The van der Waals surface area contributed by atoms with E-state index in [9.17, 15) is 9.59 Å². The predicted molar refractivity (Wildman–Crippen MR) is 124 cm³/mol. The summed E-state index contributed by atoms with van der Waals surface area (Å²) in [6.07, 6.45) is 1.02. The molecule has 32 heavy (non-hydrogen) atoms. The average molecular weight is 446 g/mol. The number of hydrogen-bond acceptors (Lipinski definition) is 5. The average Bonchev–Trinajstić information content (AvgIpc) is 3.28. The number of aromatic nitrogens is 4. The molecule has 0 bridgehead atoms. The number of ether oxygens (including phenoxy) is 1. The van der Waals surface area contributed by atoms with E-state index in [1.165, 1.54) is 13.2 Å². The molecule has 0 unspecified atom stereocenters. The number of amides is 1. The highest BCUT2D eigenvalue weighted by Gasteiger charge is 2.22. The van der Waals surface area contributed by atoms with Crippen molar-refractivity contribution in [3.05, 3.63) is 76.2 Å². The van der Waals surface area contributed by atoms with E-state index in [0.29, 0.717) is 38.5 Å². The Balaban J connectivity index is 1.93. The molecule has 0 aliphatic heterocycles. The summed E-state index contributed by atoms with van der Waals surface area (Å²) in [6.45, 7) is 0. The number of benzene rings is 2. The Morgan fingerprint density at radius 2 is 1.91 bits per heavy atom. The highest BCUT2D eigenvalue weighted by atomic mass is 35.5. The predicted octanol–water partition coefficient (Wildman–Crippen LogP) is 4.97. The van der Waals surface area contributed by atoms with Crippen molar-refractivity contribution in [1.29, 1.82) is 0 Å². The van der Waals surface area contributed by atoms with Gasteiger partial charge < -0.3 is 9.72 Å². The minimum atomic E-state index is -0.653. The maximum atomic E-state index is 12.3. The Bertz CT molecular complexity index is 1540. The standard InChI is InChI=1S/C23H16ClN5O3/c1-32-23(31)28-21-15-7-8-17(30)26-22(15)27-20(12-5-3-2-4-6-12)18(21)13-9-14-11-25-29-19(14)16(24)10-13/h2-11H,1H3,(H,25,29)(H2,26,27,28,30,31). The second kappa shape index (κ2) is 7.82. The topological polar surface area (TPSA) is 113 Å². The van der Waals surface area contributed by atoms with Crippen LogP contribution in [0.5, 0.6) is 0 Å². The number of hydrogen-bond donors (Lipinski definition) is 3. The number of carbonyl (C=O) groups excluding carboxylic acids is 1. The molecule has 0 saturated carbocycles. The molecule has 0 radical (unpaired) electrons. The monoisotopic (exact) mass is 445 g/mol. The highest BCUT2D eigenvalue weighted by Crippen LogP contribution is 2.42. The lowest BCUT2D eigenvalue weighted by molar-refractivity contribution is 0.187. The molecule has 3 heterocycles. The van der Waals surface area contributed by atoms with Crippen LogP contribution in [0.1, 0.15) is 0 Å². The molecule has 0 atom stereocenters. The Kier molecular flexibility index (Phi) is 4.84. The summed E-state index contributed by atoms with van der Waals surface area (Å²) in [6, 6.07) is 16.2. The molecule has 0 aliphatic rings. The number of methoxy groups -OCH3 is 1. The molecular weight excluding hydrogens is 430 g/mol. The number of halogens is 1. The van der Waals surface area contributed by atoms with Crippen molar-refractivity contribution in [2.75, 3.05) is 12.4 Å². The van der Waals surface area contributed by atoms with E-state index < -0.39 is 6.09 Å². The van der Waals surface area contributed by atoms with E-state index in [0.717, 1.165) is 16.5 Å². The normalized spacial score (nSPS) is 11.1. The molecule has 5 aromatic rings. The Hall–Kier alpha value is -4.17. The maximum absolute atomic E-state index is 12.3. The summed E-state index contributed by atoms with van der Waals surface area (Å²) in [7, 11) is 1.28. The molecule has 0 fully saturated rings. The quantitative estimate of drug-likeness (QED) is 0.363. The van der Waals surface area contributed by atoms with E-state index in [2.05, 4.69) is 20.5 Å². The molecule has 1 amide bonds. The van der Waals surface area contributed by atoms with Gasteiger partial charge in [0.15, 0.2) is 0 Å². The smallest absolute Gasteiger partial charge is 0.411 e. The van der Waals surface area contributed by atoms with Gasteiger partial charge in [-0.3, -0.25) is 15.2 Å². The van der Waals surface area contributed by atoms with Crippen molar-refractivity contribution in [2.45, 2.75) is 0 Å². The fraction of sp³-hybridized carbons (Fsp3) is 0.0435. The van der Waals surface area contributed by atoms with Gasteiger partial charge in [-0.05, 0) is 23.8 Å². The van der Waals surface area contributed by atoms with Crippen molar-refractivity contribution in [3.63, 3.8) is 0 Å². The van der Waals surface area contributed by atoms with Crippen molar-refractivity contribution < 1.29 is 9.53 Å². The van der Waals surface area contributed by atoms with Gasteiger partial charge in [0.1, 0.15) is 5.65 Å². The van der Waals surface area contributed by atoms with E-state index in [1.807, 2.05) is 36.4 Å². The molecule has 3 N–H and O–H groups in total. The van der Waals surface area contributed by atoms with E-state index in [4.69, 9.17) is 21.3 Å². The second-order valence-corrected chi connectivity index (χ2v) is 7.48. The van der Waals surface area contributed by atoms with Crippen LogP contribution in [0.3, 0.4) is 0 Å². The number of nitrogens with zero attached hydrogens (tertiary/aromatic N) is 2. The number of anilines is 1. The van der Waals surface area contributed by atoms with Crippen LogP contribution in [0.2, 0.25) is 5.02 Å². The number of nitrogens with one attached hydrogen (secondary N) is 3. The highest BCUT2D eigenvalue weighted by molar-refractivity contribution is 6.35. The zero-order valence-electron chi connectivity index (χ0n) is 16.8. The Morgan fingerprint density at radius 1 is 1.09 bits per heavy atom. The van der Waals surface area contributed by atoms with Gasteiger partial charge in [0.25, 0.3) is 0 Å². The van der Waals surface area contributed by atoms with Gasteiger partial charge in [0, 0.05) is 28.0 Å². The van der Waals surface area contributed by atoms with Crippen LogP contribution in [0.25, 0.3) is 44.3 Å². The van der Waals surface area contributed by atoms with E-state index >= 15 is 0 Å². The lowest BCUT2D eigenvalue weighted by Gasteiger charge is -2.18. The van der Waals surface area contributed by atoms with Crippen LogP contribution in [0.15, 0.2) is 65.6 Å². The third-order valence-electron chi connectivity index (χ3n) is 5.13. The first-order valence-corrected chi connectivity index (χ1v) is 10.0. The Morgan fingerprint density at radius 3 is 2.69 bits per heavy atom. The molecule has 2 aromatic carbocycles. The third-order valence-corrected chi connectivity index (χ3v) is 5.43. The summed E-state index contributed by atoms with van der Waals surface area (Å²) in [5, 5.41) is 11.6. The van der Waals surface area contributed by atoms with Crippen LogP contribution in [0, 0.1) is 0 Å². The zero-order valence-corrected chi connectivity index (χ0v) is 17.5. The third kappa shape index (κ3) is 3.36. The molecule has 5 rings (SSSR count). The second-order valence-electron chi connectivity index (χ2n) is 7.07. The number of pyridine rings is 2. The van der Waals surface area contributed by atoms with Crippen LogP contribution in [0.4, 0.5) is 10.5 Å². The van der Waals surface area contributed by atoms with Crippen molar-refractivity contribution in [3.8, 4) is 22.4 Å². The first kappa shape index (κ1) is 19.8. The SMILES string of the molecule is COC(=O)Nc1c(-c2cc(Cl)c3[nH]ncc3c2)c(-c2ccccc2)nc2[nH]c(=O)ccc12. The number of aromatic amines is 2. The summed E-state index contributed by atoms with van der Waals surface area (Å²) < 4.78 is 4.86. The van der Waals surface area contributed by atoms with Gasteiger partial charge in [0.2, 0.25) is 5.56 Å². The lowest BCUT2D eigenvalue weighted by Crippen LogP contribution is -2.14. The molecule has 8 nitrogen and oxygen atoms in total.